The molecule has 23 heavy (non-hydrogen) atoms. The summed E-state index contributed by atoms with van der Waals surface area (Å²) in [5.41, 5.74) is 0.587. The number of alkyl halides is 3. The third-order valence-corrected chi connectivity index (χ3v) is 3.01. The van der Waals surface area contributed by atoms with Crippen molar-refractivity contribution in [2.45, 2.75) is 32.7 Å². The predicted octanol–water partition coefficient (Wildman–Crippen LogP) is 3.30. The average Bonchev–Trinajstić information content (AvgIpc) is 2.43. The minimum atomic E-state index is -4.73. The molecule has 1 aromatic carbocycles. The minimum absolute atomic E-state index is 0.204. The van der Waals surface area contributed by atoms with Gasteiger partial charge in [0.1, 0.15) is 19.2 Å². The maximum Gasteiger partial charge on any atom is 0.411 e. The number of aliphatic carboxylic acids is 1. The van der Waals surface area contributed by atoms with Crippen LogP contribution in [0.15, 0.2) is 30.3 Å². The number of hydrogen-bond donors (Lipinski definition) is 1. The van der Waals surface area contributed by atoms with E-state index in [1.54, 1.807) is 30.3 Å². The molecule has 128 valence electrons. The van der Waals surface area contributed by atoms with E-state index < -0.39 is 36.7 Å². The van der Waals surface area contributed by atoms with Crippen molar-refractivity contribution in [3.8, 4) is 0 Å². The molecule has 5 nitrogen and oxygen atoms in total. The highest BCUT2D eigenvalue weighted by atomic mass is 19.4. The second-order valence-electron chi connectivity index (χ2n) is 5.31. The first kappa shape index (κ1) is 18.8. The molecular formula is C15H18F3NO4. The van der Waals surface area contributed by atoms with Crippen molar-refractivity contribution in [2.75, 3.05) is 6.54 Å². The van der Waals surface area contributed by atoms with Crippen LogP contribution in [0.5, 0.6) is 0 Å². The van der Waals surface area contributed by atoms with Gasteiger partial charge in [0.2, 0.25) is 0 Å². The quantitative estimate of drug-likeness (QED) is 0.867. The van der Waals surface area contributed by atoms with Crippen molar-refractivity contribution in [1.29, 1.82) is 0 Å². The van der Waals surface area contributed by atoms with Gasteiger partial charge in [-0.25, -0.2) is 9.59 Å². The Kier molecular flexibility index (Phi) is 6.41. The first-order valence-electron chi connectivity index (χ1n) is 6.88. The minimum Gasteiger partial charge on any atom is -0.480 e. The molecule has 0 spiro atoms. The van der Waals surface area contributed by atoms with E-state index in [9.17, 15) is 22.8 Å². The SMILES string of the molecule is CC(C)[C@@H](C(=O)O)N(CC(F)(F)F)C(=O)OCc1ccccc1. The molecule has 0 heterocycles. The molecule has 1 aromatic rings. The highest BCUT2D eigenvalue weighted by Gasteiger charge is 2.41. The Labute approximate surface area is 131 Å². The molecule has 0 aliphatic carbocycles. The van der Waals surface area contributed by atoms with Crippen LogP contribution < -0.4 is 0 Å². The van der Waals surface area contributed by atoms with Gasteiger partial charge < -0.3 is 9.84 Å². The number of ether oxygens (including phenoxy) is 1. The van der Waals surface area contributed by atoms with Crippen molar-refractivity contribution in [1.82, 2.24) is 4.90 Å². The van der Waals surface area contributed by atoms with E-state index >= 15 is 0 Å². The highest BCUT2D eigenvalue weighted by molar-refractivity contribution is 5.80. The Morgan fingerprint density at radius 2 is 1.78 bits per heavy atom. The van der Waals surface area contributed by atoms with Gasteiger partial charge in [0, 0.05) is 0 Å². The Balaban J connectivity index is 2.89. The fraction of sp³-hybridized carbons (Fsp3) is 0.467. The number of rotatable bonds is 6. The van der Waals surface area contributed by atoms with Crippen LogP contribution >= 0.6 is 0 Å². The molecule has 0 unspecified atom stereocenters. The van der Waals surface area contributed by atoms with Crippen LogP contribution in [-0.2, 0) is 16.1 Å². The van der Waals surface area contributed by atoms with Gasteiger partial charge in [-0.15, -0.1) is 0 Å². The van der Waals surface area contributed by atoms with E-state index in [2.05, 4.69) is 0 Å². The summed E-state index contributed by atoms with van der Waals surface area (Å²) < 4.78 is 42.9. The van der Waals surface area contributed by atoms with Gasteiger partial charge in [-0.3, -0.25) is 4.90 Å². The van der Waals surface area contributed by atoms with Crippen LogP contribution in [0.2, 0.25) is 0 Å². The lowest BCUT2D eigenvalue weighted by Gasteiger charge is -2.31. The molecule has 0 aromatic heterocycles. The fourth-order valence-corrected chi connectivity index (χ4v) is 2.05. The smallest absolute Gasteiger partial charge is 0.411 e. The van der Waals surface area contributed by atoms with Gasteiger partial charge in [0.15, 0.2) is 0 Å². The van der Waals surface area contributed by atoms with Crippen LogP contribution in [0.25, 0.3) is 0 Å². The third kappa shape index (κ3) is 6.17. The van der Waals surface area contributed by atoms with Crippen LogP contribution in [0.4, 0.5) is 18.0 Å². The van der Waals surface area contributed by atoms with Gasteiger partial charge in [0.25, 0.3) is 0 Å². The van der Waals surface area contributed by atoms with Crippen LogP contribution in [0.3, 0.4) is 0 Å². The van der Waals surface area contributed by atoms with Gasteiger partial charge in [0.05, 0.1) is 0 Å². The van der Waals surface area contributed by atoms with Crippen molar-refractivity contribution in [2.24, 2.45) is 5.92 Å². The van der Waals surface area contributed by atoms with Crippen molar-refractivity contribution < 1.29 is 32.6 Å². The van der Waals surface area contributed by atoms with Gasteiger partial charge in [-0.2, -0.15) is 13.2 Å². The number of halogens is 3. The molecule has 1 N–H and O–H groups in total. The van der Waals surface area contributed by atoms with E-state index in [1.165, 1.54) is 13.8 Å². The summed E-state index contributed by atoms with van der Waals surface area (Å²) in [6.07, 6.45) is -6.04. The van der Waals surface area contributed by atoms with E-state index in [0.29, 0.717) is 5.56 Å². The molecule has 0 bridgehead atoms. The Morgan fingerprint density at radius 3 is 2.22 bits per heavy atom. The summed E-state index contributed by atoms with van der Waals surface area (Å²) in [5.74, 6) is -2.22. The zero-order chi connectivity index (χ0) is 17.6. The summed E-state index contributed by atoms with van der Waals surface area (Å²) >= 11 is 0. The molecule has 8 heteroatoms. The van der Waals surface area contributed by atoms with Crippen molar-refractivity contribution in [3.63, 3.8) is 0 Å². The predicted molar refractivity (Wildman–Crippen MR) is 75.6 cm³/mol. The summed E-state index contributed by atoms with van der Waals surface area (Å²) in [7, 11) is 0. The number of carbonyl (C=O) groups is 2. The Hall–Kier alpha value is -2.25. The maximum absolute atomic E-state index is 12.7. The second kappa shape index (κ2) is 7.85. The molecule has 0 saturated heterocycles. The number of carboxylic acid groups (broad SMARTS) is 1. The Bertz CT molecular complexity index is 531. The summed E-state index contributed by atoms with van der Waals surface area (Å²) in [6.45, 7) is 0.924. The first-order valence-corrected chi connectivity index (χ1v) is 6.88. The van der Waals surface area contributed by atoms with Crippen molar-refractivity contribution >= 4 is 12.1 Å². The van der Waals surface area contributed by atoms with Gasteiger partial charge in [-0.1, -0.05) is 44.2 Å². The largest absolute Gasteiger partial charge is 0.480 e. The first-order chi connectivity index (χ1) is 10.6. The van der Waals surface area contributed by atoms with Crippen LogP contribution in [0.1, 0.15) is 19.4 Å². The lowest BCUT2D eigenvalue weighted by Crippen LogP contribution is -2.51. The zero-order valence-electron chi connectivity index (χ0n) is 12.7. The fourth-order valence-electron chi connectivity index (χ4n) is 2.05. The number of carboxylic acids is 1. The summed E-state index contributed by atoms with van der Waals surface area (Å²) in [5, 5.41) is 9.13. The molecule has 0 saturated carbocycles. The normalized spacial score (nSPS) is 12.8. The van der Waals surface area contributed by atoms with E-state index in [1.807, 2.05) is 0 Å². The van der Waals surface area contributed by atoms with E-state index in [4.69, 9.17) is 9.84 Å². The monoisotopic (exact) mass is 333 g/mol. The van der Waals surface area contributed by atoms with Crippen LogP contribution in [-0.4, -0.2) is 40.8 Å². The standard InChI is InChI=1S/C15H18F3NO4/c1-10(2)12(13(20)21)19(9-15(16,17)18)14(22)23-8-11-6-4-3-5-7-11/h3-7,10,12H,8-9H2,1-2H3,(H,20,21)/t12-/m0/s1. The number of benzene rings is 1. The Morgan fingerprint density at radius 1 is 1.22 bits per heavy atom. The number of carbonyl (C=O) groups excluding carboxylic acids is 1. The molecule has 0 fully saturated rings. The zero-order valence-corrected chi connectivity index (χ0v) is 12.7. The van der Waals surface area contributed by atoms with Gasteiger partial charge >= 0.3 is 18.2 Å². The second-order valence-corrected chi connectivity index (χ2v) is 5.31. The van der Waals surface area contributed by atoms with E-state index in [-0.39, 0.29) is 11.5 Å². The molecule has 1 rings (SSSR count). The van der Waals surface area contributed by atoms with E-state index in [0.717, 1.165) is 0 Å². The lowest BCUT2D eigenvalue weighted by atomic mass is 10.0. The third-order valence-electron chi connectivity index (χ3n) is 3.01. The molecule has 1 amide bonds. The molecule has 0 radical (unpaired) electrons. The maximum atomic E-state index is 12.7. The molecule has 0 aliphatic rings. The summed E-state index contributed by atoms with van der Waals surface area (Å²) in [6, 6.07) is 6.76. The molecule has 0 aliphatic heterocycles. The number of nitrogens with zero attached hydrogens (tertiary/aromatic N) is 1. The average molecular weight is 333 g/mol. The molecule has 1 atom stereocenters. The number of hydrogen-bond acceptors (Lipinski definition) is 3. The number of amides is 1. The highest BCUT2D eigenvalue weighted by Crippen LogP contribution is 2.22. The van der Waals surface area contributed by atoms with Crippen LogP contribution in [0, 0.1) is 5.92 Å². The topological polar surface area (TPSA) is 66.8 Å². The van der Waals surface area contributed by atoms with Crippen molar-refractivity contribution in [3.05, 3.63) is 35.9 Å². The summed E-state index contributed by atoms with van der Waals surface area (Å²) in [4.78, 5) is 23.4. The molecular weight excluding hydrogens is 315 g/mol. The lowest BCUT2D eigenvalue weighted by molar-refractivity contribution is -0.160. The van der Waals surface area contributed by atoms with Gasteiger partial charge in [-0.05, 0) is 11.5 Å².